The van der Waals surface area contributed by atoms with Crippen molar-refractivity contribution in [1.82, 2.24) is 0 Å². The summed E-state index contributed by atoms with van der Waals surface area (Å²) in [5.41, 5.74) is 0.858. The number of hydrogen-bond acceptors (Lipinski definition) is 1. The standard InChI is InChI=1S/C12H22O/c1-11(2,3)13-10-4-6-12(7-5-10)8-9-12/h10H,4-9H2,1-3H3. The first kappa shape index (κ1) is 9.51. The predicted octanol–water partition coefficient (Wildman–Crippen LogP) is 3.52. The van der Waals surface area contributed by atoms with Gasteiger partial charge in [0.2, 0.25) is 0 Å². The maximum atomic E-state index is 6.00. The molecule has 2 saturated carbocycles. The third kappa shape index (κ3) is 2.46. The van der Waals surface area contributed by atoms with E-state index >= 15 is 0 Å². The summed E-state index contributed by atoms with van der Waals surface area (Å²) < 4.78 is 6.00. The molecule has 0 aromatic rings. The van der Waals surface area contributed by atoms with Gasteiger partial charge < -0.3 is 4.74 Å². The second-order valence-corrected chi connectivity index (χ2v) is 5.93. The molecule has 2 fully saturated rings. The summed E-state index contributed by atoms with van der Waals surface area (Å²) in [7, 11) is 0. The van der Waals surface area contributed by atoms with E-state index in [-0.39, 0.29) is 5.60 Å². The molecule has 2 rings (SSSR count). The molecule has 2 aliphatic rings. The first-order valence-electron chi connectivity index (χ1n) is 5.67. The normalized spacial score (nSPS) is 27.9. The fourth-order valence-electron chi connectivity index (χ4n) is 2.50. The van der Waals surface area contributed by atoms with Gasteiger partial charge in [0.1, 0.15) is 0 Å². The van der Waals surface area contributed by atoms with E-state index in [4.69, 9.17) is 4.74 Å². The first-order valence-corrected chi connectivity index (χ1v) is 5.67. The highest BCUT2D eigenvalue weighted by Crippen LogP contribution is 2.56. The number of rotatable bonds is 1. The molecule has 0 N–H and O–H groups in total. The van der Waals surface area contributed by atoms with Crippen LogP contribution in [-0.2, 0) is 4.74 Å². The van der Waals surface area contributed by atoms with Gasteiger partial charge in [-0.2, -0.15) is 0 Å². The zero-order valence-electron chi connectivity index (χ0n) is 9.23. The van der Waals surface area contributed by atoms with Crippen molar-refractivity contribution in [1.29, 1.82) is 0 Å². The van der Waals surface area contributed by atoms with Crippen LogP contribution in [-0.4, -0.2) is 11.7 Å². The number of ether oxygens (including phenoxy) is 1. The Labute approximate surface area is 81.9 Å². The van der Waals surface area contributed by atoms with Gasteiger partial charge in [0.15, 0.2) is 0 Å². The largest absolute Gasteiger partial charge is 0.373 e. The van der Waals surface area contributed by atoms with E-state index in [1.165, 1.54) is 38.5 Å². The molecule has 1 nitrogen and oxygen atoms in total. The topological polar surface area (TPSA) is 9.23 Å². The van der Waals surface area contributed by atoms with E-state index in [0.717, 1.165) is 5.41 Å². The fraction of sp³-hybridized carbons (Fsp3) is 1.00. The Morgan fingerprint density at radius 1 is 1.00 bits per heavy atom. The van der Waals surface area contributed by atoms with Crippen molar-refractivity contribution in [2.75, 3.05) is 0 Å². The van der Waals surface area contributed by atoms with E-state index in [1.54, 1.807) is 0 Å². The van der Waals surface area contributed by atoms with Gasteiger partial charge in [-0.3, -0.25) is 0 Å². The van der Waals surface area contributed by atoms with Gasteiger partial charge in [-0.15, -0.1) is 0 Å². The molecule has 1 spiro atoms. The molecule has 0 radical (unpaired) electrons. The van der Waals surface area contributed by atoms with Crippen molar-refractivity contribution in [3.63, 3.8) is 0 Å². The second-order valence-electron chi connectivity index (χ2n) is 5.93. The molecule has 0 aliphatic heterocycles. The van der Waals surface area contributed by atoms with Crippen LogP contribution >= 0.6 is 0 Å². The minimum absolute atomic E-state index is 0.0543. The van der Waals surface area contributed by atoms with Crippen molar-refractivity contribution in [2.24, 2.45) is 5.41 Å². The van der Waals surface area contributed by atoms with E-state index in [1.807, 2.05) is 0 Å². The molecule has 76 valence electrons. The Kier molecular flexibility index (Phi) is 2.18. The Balaban J connectivity index is 1.78. The lowest BCUT2D eigenvalue weighted by molar-refractivity contribution is -0.0799. The average Bonchev–Trinajstić information content (AvgIpc) is 2.73. The van der Waals surface area contributed by atoms with Crippen LogP contribution in [0.25, 0.3) is 0 Å². The van der Waals surface area contributed by atoms with E-state index < -0.39 is 0 Å². The molecule has 0 aromatic heterocycles. The summed E-state index contributed by atoms with van der Waals surface area (Å²) in [5, 5.41) is 0. The maximum absolute atomic E-state index is 6.00. The molecule has 1 heteroatoms. The molecule has 0 amide bonds. The van der Waals surface area contributed by atoms with Crippen molar-refractivity contribution in [3.8, 4) is 0 Å². The summed E-state index contributed by atoms with van der Waals surface area (Å²) in [6.45, 7) is 6.48. The SMILES string of the molecule is CC(C)(C)OC1CCC2(CC1)CC2. The quantitative estimate of drug-likeness (QED) is 0.603. The van der Waals surface area contributed by atoms with Crippen molar-refractivity contribution in [2.45, 2.75) is 71.0 Å². The molecule has 0 heterocycles. The lowest BCUT2D eigenvalue weighted by atomic mass is 9.84. The molecule has 13 heavy (non-hydrogen) atoms. The Morgan fingerprint density at radius 2 is 1.54 bits per heavy atom. The summed E-state index contributed by atoms with van der Waals surface area (Å²) in [5.74, 6) is 0. The van der Waals surface area contributed by atoms with Crippen LogP contribution in [0.4, 0.5) is 0 Å². The van der Waals surface area contributed by atoms with Gasteiger partial charge in [-0.05, 0) is 64.7 Å². The maximum Gasteiger partial charge on any atom is 0.0602 e. The molecule has 0 saturated heterocycles. The minimum Gasteiger partial charge on any atom is -0.373 e. The summed E-state index contributed by atoms with van der Waals surface area (Å²) in [6.07, 6.45) is 8.99. The molecular weight excluding hydrogens is 160 g/mol. The number of hydrogen-bond donors (Lipinski definition) is 0. The van der Waals surface area contributed by atoms with Crippen LogP contribution in [0.3, 0.4) is 0 Å². The fourth-order valence-corrected chi connectivity index (χ4v) is 2.50. The summed E-state index contributed by atoms with van der Waals surface area (Å²) in [6, 6.07) is 0. The lowest BCUT2D eigenvalue weighted by Gasteiger charge is -2.33. The Hall–Kier alpha value is -0.0400. The average molecular weight is 182 g/mol. The molecule has 2 aliphatic carbocycles. The second kappa shape index (κ2) is 2.98. The van der Waals surface area contributed by atoms with Crippen molar-refractivity contribution < 1.29 is 4.74 Å². The van der Waals surface area contributed by atoms with Crippen LogP contribution in [0.2, 0.25) is 0 Å². The smallest absolute Gasteiger partial charge is 0.0602 e. The van der Waals surface area contributed by atoms with Crippen molar-refractivity contribution in [3.05, 3.63) is 0 Å². The molecule has 0 aromatic carbocycles. The zero-order chi connectivity index (χ0) is 9.53. The van der Waals surface area contributed by atoms with Gasteiger partial charge in [0, 0.05) is 0 Å². The molecule has 0 unspecified atom stereocenters. The van der Waals surface area contributed by atoms with Gasteiger partial charge in [-0.1, -0.05) is 0 Å². The third-order valence-corrected chi connectivity index (χ3v) is 3.47. The molecule has 0 bridgehead atoms. The summed E-state index contributed by atoms with van der Waals surface area (Å²) >= 11 is 0. The predicted molar refractivity (Wildman–Crippen MR) is 54.8 cm³/mol. The van der Waals surface area contributed by atoms with E-state index in [2.05, 4.69) is 20.8 Å². The Morgan fingerprint density at radius 3 is 1.92 bits per heavy atom. The van der Waals surface area contributed by atoms with Gasteiger partial charge >= 0.3 is 0 Å². The monoisotopic (exact) mass is 182 g/mol. The van der Waals surface area contributed by atoms with E-state index in [9.17, 15) is 0 Å². The van der Waals surface area contributed by atoms with Crippen LogP contribution < -0.4 is 0 Å². The van der Waals surface area contributed by atoms with E-state index in [0.29, 0.717) is 6.10 Å². The van der Waals surface area contributed by atoms with Crippen LogP contribution in [0.1, 0.15) is 59.3 Å². The van der Waals surface area contributed by atoms with Crippen LogP contribution in [0.5, 0.6) is 0 Å². The highest BCUT2D eigenvalue weighted by molar-refractivity contribution is 4.96. The van der Waals surface area contributed by atoms with Gasteiger partial charge in [0.05, 0.1) is 11.7 Å². The zero-order valence-corrected chi connectivity index (χ0v) is 9.23. The highest BCUT2D eigenvalue weighted by atomic mass is 16.5. The van der Waals surface area contributed by atoms with Crippen LogP contribution in [0, 0.1) is 5.41 Å². The van der Waals surface area contributed by atoms with Gasteiger partial charge in [0.25, 0.3) is 0 Å². The molecule has 0 atom stereocenters. The third-order valence-electron chi connectivity index (χ3n) is 3.47. The Bertz CT molecular complexity index is 176. The lowest BCUT2D eigenvalue weighted by Crippen LogP contribution is -2.31. The highest BCUT2D eigenvalue weighted by Gasteiger charge is 2.45. The van der Waals surface area contributed by atoms with Crippen LogP contribution in [0.15, 0.2) is 0 Å². The summed E-state index contributed by atoms with van der Waals surface area (Å²) in [4.78, 5) is 0. The minimum atomic E-state index is 0.0543. The van der Waals surface area contributed by atoms with Crippen molar-refractivity contribution >= 4 is 0 Å². The molecular formula is C12H22O. The first-order chi connectivity index (χ1) is 5.99. The van der Waals surface area contributed by atoms with Gasteiger partial charge in [-0.25, -0.2) is 0 Å².